The number of ketones is 2. The number of aliphatic hydroxyl groups excluding tert-OH is 1. The Hall–Kier alpha value is -1.15. The molecule has 9 atom stereocenters. The van der Waals surface area contributed by atoms with Crippen LogP contribution < -0.4 is 9.79 Å². The average molecular weight is 1040 g/mol. The minimum Gasteiger partial charge on any atom is -0.789 e. The van der Waals surface area contributed by atoms with Crippen LogP contribution >= 0.6 is 15.6 Å². The number of nitrogens with zero attached hydrogens (tertiary/aromatic N) is 2. The number of carbonyl (C=O) groups is 2. The number of hydrogen-bond donors (Lipinski definition) is 3. The van der Waals surface area contributed by atoms with Gasteiger partial charge in [-0.2, -0.15) is 0 Å². The standard InChI is InChI=1S/C22H31FO11P2.2C16H36N/c1-12-8-16-15-5-4-13-9-14(24)6-7-19(13,2)21(15,23)17(25)10-20(16,3)22(12,27)18(26)11-33-36(31,32)34-35(28,29)30;2*1-5-9-13-17(14-10-6-2,15-11-7-3)16-12-8-4/h6-7,9,12,15-17,25,27H,4-5,8,10-11H2,1-3H3,(H,31,32)(H2,28,29,30);2*5-16H2,1-4H3/q;2*+1/p-2/t12-,15-,16-,17-,19-,20-,21-,22-;;/m0../s1. The number of rotatable bonds is 30. The number of hydrogen-bond acceptors (Lipinski definition) is 10. The van der Waals surface area contributed by atoms with Crippen molar-refractivity contribution in [1.29, 1.82) is 0 Å². The smallest absolute Gasteiger partial charge is 0.476 e. The first-order chi connectivity index (χ1) is 32.8. The van der Waals surface area contributed by atoms with Crippen molar-refractivity contribution in [2.75, 3.05) is 59.0 Å². The number of phosphoric ester groups is 1. The van der Waals surface area contributed by atoms with Crippen LogP contribution in [0.4, 0.5) is 4.39 Å². The number of unbranched alkanes of at least 4 members (excludes halogenated alkanes) is 8. The van der Waals surface area contributed by atoms with E-state index in [2.05, 4.69) is 64.2 Å². The maximum Gasteiger partial charge on any atom is 0.476 e. The van der Waals surface area contributed by atoms with Crippen molar-refractivity contribution in [3.8, 4) is 0 Å². The van der Waals surface area contributed by atoms with Crippen molar-refractivity contribution < 1.29 is 65.8 Å². The topological polar surface area (TPSA) is 194 Å². The Kier molecular flexibility index (Phi) is 27.1. The van der Waals surface area contributed by atoms with E-state index in [0.29, 0.717) is 12.0 Å². The summed E-state index contributed by atoms with van der Waals surface area (Å²) in [6.07, 6.45) is 25.2. The van der Waals surface area contributed by atoms with Crippen LogP contribution in [0.2, 0.25) is 0 Å². The number of alkyl halides is 1. The third-order valence-electron chi connectivity index (χ3n) is 17.1. The normalized spacial score (nSPS) is 29.4. The van der Waals surface area contributed by atoms with Gasteiger partial charge in [0, 0.05) is 16.7 Å². The molecule has 0 aromatic rings. The zero-order chi connectivity index (χ0) is 53.1. The van der Waals surface area contributed by atoms with Crippen molar-refractivity contribution in [3.05, 3.63) is 23.8 Å². The molecule has 0 aromatic heterocycles. The first-order valence-electron chi connectivity index (χ1n) is 27.8. The Morgan fingerprint density at radius 2 is 1.13 bits per heavy atom. The molecular formula is C54H101FN2O11P2. The molecule has 4 aliphatic carbocycles. The SMILES string of the molecule is CCCC[N+](CCCC)(CCCC)CCCC.CCCC[N+](CCCC)(CCCC)CCCC.C[C@H]1C[C@H]2[C@@H]3CCC4=CC(=O)C=C[C@]4(C)[C@@]3(F)[C@@H](O)C[C@]2(C)[C@@]1(O)C(=O)COP(=O)(O)OP(=O)([O-])[O-]. The summed E-state index contributed by atoms with van der Waals surface area (Å²) in [6, 6.07) is 0. The second-order valence-corrected chi connectivity index (χ2v) is 24.9. The van der Waals surface area contributed by atoms with Gasteiger partial charge in [0.05, 0.1) is 66.3 Å². The van der Waals surface area contributed by atoms with Crippen molar-refractivity contribution in [2.45, 2.75) is 222 Å². The monoisotopic (exact) mass is 1030 g/mol. The summed E-state index contributed by atoms with van der Waals surface area (Å²) in [6.45, 7) is 33.5. The fraction of sp³-hybridized carbons (Fsp3) is 0.889. The van der Waals surface area contributed by atoms with Gasteiger partial charge in [0.25, 0.3) is 0 Å². The van der Waals surface area contributed by atoms with Gasteiger partial charge < -0.3 is 38.4 Å². The van der Waals surface area contributed by atoms with Crippen LogP contribution in [0.1, 0.15) is 205 Å². The summed E-state index contributed by atoms with van der Waals surface area (Å²) in [4.78, 5) is 55.9. The molecule has 13 nitrogen and oxygen atoms in total. The summed E-state index contributed by atoms with van der Waals surface area (Å²) in [5, 5.41) is 23.0. The maximum atomic E-state index is 17.1. The molecule has 3 fully saturated rings. The molecule has 0 aromatic carbocycles. The minimum absolute atomic E-state index is 0.198. The average Bonchev–Trinajstić information content (AvgIpc) is 3.51. The third kappa shape index (κ3) is 16.4. The minimum atomic E-state index is -5.91. The fourth-order valence-electron chi connectivity index (χ4n) is 12.8. The Morgan fingerprint density at radius 1 is 0.743 bits per heavy atom. The predicted molar refractivity (Wildman–Crippen MR) is 276 cm³/mol. The highest BCUT2D eigenvalue weighted by molar-refractivity contribution is 7.59. The van der Waals surface area contributed by atoms with Crippen LogP contribution in [0.15, 0.2) is 23.8 Å². The summed E-state index contributed by atoms with van der Waals surface area (Å²) >= 11 is 0. The predicted octanol–water partition coefficient (Wildman–Crippen LogP) is 10.9. The number of fused-ring (bicyclic) bond motifs is 5. The number of halogens is 1. The number of phosphoric acid groups is 2. The van der Waals surface area contributed by atoms with Crippen LogP contribution in [0.5, 0.6) is 0 Å². The number of carbonyl (C=O) groups excluding carboxylic acids is 2. The molecule has 4 aliphatic rings. The molecule has 410 valence electrons. The van der Waals surface area contributed by atoms with E-state index < -0.39 is 74.0 Å². The van der Waals surface area contributed by atoms with Gasteiger partial charge in [-0.1, -0.05) is 132 Å². The second kappa shape index (κ2) is 29.2. The molecule has 0 aliphatic heterocycles. The lowest BCUT2D eigenvalue weighted by atomic mass is 9.44. The Labute approximate surface area is 424 Å². The molecule has 0 saturated heterocycles. The highest BCUT2D eigenvalue weighted by Crippen LogP contribution is 2.71. The van der Waals surface area contributed by atoms with Gasteiger partial charge in [0.1, 0.15) is 12.2 Å². The van der Waals surface area contributed by atoms with E-state index >= 15 is 4.39 Å². The van der Waals surface area contributed by atoms with E-state index in [1.807, 2.05) is 0 Å². The summed E-state index contributed by atoms with van der Waals surface area (Å²) in [5.41, 5.74) is -6.46. The van der Waals surface area contributed by atoms with Crippen LogP contribution in [0, 0.1) is 28.6 Å². The molecule has 0 radical (unpaired) electrons. The molecule has 0 heterocycles. The van der Waals surface area contributed by atoms with Gasteiger partial charge in [-0.3, -0.25) is 18.4 Å². The number of aliphatic hydroxyl groups is 2. The van der Waals surface area contributed by atoms with Crippen LogP contribution in [0.25, 0.3) is 0 Å². The molecular weight excluding hydrogens is 934 g/mol. The van der Waals surface area contributed by atoms with Crippen molar-refractivity contribution in [1.82, 2.24) is 0 Å². The molecule has 4 rings (SSSR count). The van der Waals surface area contributed by atoms with E-state index in [4.69, 9.17) is 0 Å². The van der Waals surface area contributed by atoms with Crippen LogP contribution in [-0.4, -0.2) is 112 Å². The van der Waals surface area contributed by atoms with Gasteiger partial charge in [-0.25, -0.2) is 8.96 Å². The van der Waals surface area contributed by atoms with E-state index in [9.17, 15) is 43.6 Å². The van der Waals surface area contributed by atoms with Gasteiger partial charge in [-0.05, 0) is 108 Å². The Bertz CT molecular complexity index is 1650. The van der Waals surface area contributed by atoms with Gasteiger partial charge in [0.15, 0.2) is 17.2 Å². The summed E-state index contributed by atoms with van der Waals surface area (Å²) in [5.74, 6) is -3.50. The third-order valence-corrected chi connectivity index (χ3v) is 19.2. The van der Waals surface area contributed by atoms with E-state index in [0.717, 1.165) is 0 Å². The van der Waals surface area contributed by atoms with Gasteiger partial charge in [0.2, 0.25) is 0 Å². The van der Waals surface area contributed by atoms with Crippen LogP contribution in [0.3, 0.4) is 0 Å². The highest BCUT2D eigenvalue weighted by Gasteiger charge is 2.75. The number of Topliss-reactive ketones (excluding diaryl/α,β-unsaturated/α-hetero) is 1. The lowest BCUT2D eigenvalue weighted by molar-refractivity contribution is -0.929. The molecule has 70 heavy (non-hydrogen) atoms. The fourth-order valence-corrected chi connectivity index (χ4v) is 14.3. The zero-order valence-corrected chi connectivity index (χ0v) is 47.6. The number of allylic oxidation sites excluding steroid dienone is 4. The quantitative estimate of drug-likeness (QED) is 0.0458. The lowest BCUT2D eigenvalue weighted by Gasteiger charge is -2.62. The van der Waals surface area contributed by atoms with Crippen molar-refractivity contribution in [2.24, 2.45) is 28.6 Å². The highest BCUT2D eigenvalue weighted by atomic mass is 31.3. The largest absolute Gasteiger partial charge is 0.789 e. The maximum absolute atomic E-state index is 17.1. The van der Waals surface area contributed by atoms with E-state index in [-0.39, 0.29) is 25.0 Å². The van der Waals surface area contributed by atoms with Crippen molar-refractivity contribution in [3.63, 3.8) is 0 Å². The molecule has 0 bridgehead atoms. The molecule has 3 saturated carbocycles. The first kappa shape index (κ1) is 65.0. The number of quaternary nitrogens is 2. The first-order valence-corrected chi connectivity index (χ1v) is 30.7. The molecule has 0 spiro atoms. The lowest BCUT2D eigenvalue weighted by Crippen LogP contribution is -2.69. The molecule has 16 heteroatoms. The zero-order valence-electron chi connectivity index (χ0n) is 45.8. The van der Waals surface area contributed by atoms with Crippen LogP contribution in [-0.2, 0) is 27.6 Å². The molecule has 1 unspecified atom stereocenters. The summed E-state index contributed by atoms with van der Waals surface area (Å²) in [7, 11) is -11.4. The Balaban J connectivity index is 0.000000414. The van der Waals surface area contributed by atoms with E-state index in [1.165, 1.54) is 182 Å². The van der Waals surface area contributed by atoms with Crippen molar-refractivity contribution >= 4 is 27.2 Å². The second-order valence-electron chi connectivity index (χ2n) is 22.2. The molecule has 0 amide bonds. The van der Waals surface area contributed by atoms with E-state index in [1.54, 1.807) is 20.8 Å². The van der Waals surface area contributed by atoms with Gasteiger partial charge >= 0.3 is 7.82 Å². The summed E-state index contributed by atoms with van der Waals surface area (Å²) < 4.78 is 50.2. The Morgan fingerprint density at radius 3 is 1.49 bits per heavy atom. The van der Waals surface area contributed by atoms with Gasteiger partial charge in [-0.15, -0.1) is 0 Å². The molecule has 3 N–H and O–H groups in total.